The number of rotatable bonds is 4. The van der Waals surface area contributed by atoms with Crippen LogP contribution in [0.5, 0.6) is 0 Å². The summed E-state index contributed by atoms with van der Waals surface area (Å²) < 4.78 is 28.4. The molecule has 0 aromatic heterocycles. The average Bonchev–Trinajstić information content (AvgIpc) is 2.30. The first kappa shape index (κ1) is 16.9. The van der Waals surface area contributed by atoms with Crippen LogP contribution in [0.25, 0.3) is 0 Å². The van der Waals surface area contributed by atoms with Gasteiger partial charge in [0.25, 0.3) is 5.69 Å². The molecule has 1 aromatic carbocycles. The molecule has 0 bridgehead atoms. The molecule has 0 aliphatic carbocycles. The highest BCUT2D eigenvalue weighted by Crippen LogP contribution is 2.27. The second kappa shape index (κ2) is 6.07. The zero-order valence-electron chi connectivity index (χ0n) is 12.2. The lowest BCUT2D eigenvalue weighted by Gasteiger charge is -2.26. The molecule has 2 atom stereocenters. The molecule has 0 spiro atoms. The van der Waals surface area contributed by atoms with E-state index in [1.165, 1.54) is 19.1 Å². The van der Waals surface area contributed by atoms with Crippen molar-refractivity contribution < 1.29 is 13.9 Å². The number of hydrogen-bond acceptors (Lipinski definition) is 4. The lowest BCUT2D eigenvalue weighted by Crippen LogP contribution is -2.40. The number of non-ortho nitro benzene ring substituents is 1. The van der Waals surface area contributed by atoms with Crippen LogP contribution in [-0.4, -0.2) is 14.2 Å². The number of hydrogen-bond donors (Lipinski definition) is 1. The van der Waals surface area contributed by atoms with Crippen LogP contribution in [0, 0.1) is 22.9 Å². The summed E-state index contributed by atoms with van der Waals surface area (Å²) in [4.78, 5) is 10.3. The largest absolute Gasteiger partial charge is 0.598 e. The van der Waals surface area contributed by atoms with E-state index >= 15 is 0 Å². The van der Waals surface area contributed by atoms with E-state index in [2.05, 4.69) is 4.72 Å². The Kier molecular flexibility index (Phi) is 5.12. The van der Waals surface area contributed by atoms with Crippen LogP contribution in [0.2, 0.25) is 0 Å². The maximum Gasteiger partial charge on any atom is 0.270 e. The van der Waals surface area contributed by atoms with E-state index in [9.17, 15) is 19.1 Å². The van der Waals surface area contributed by atoms with Crippen LogP contribution in [-0.2, 0) is 11.4 Å². The molecular weight excluding hydrogens is 283 g/mol. The van der Waals surface area contributed by atoms with Gasteiger partial charge in [0.1, 0.15) is 10.6 Å². The molecule has 1 aromatic rings. The molecule has 2 unspecified atom stereocenters. The van der Waals surface area contributed by atoms with Gasteiger partial charge >= 0.3 is 0 Å². The number of aryl methyl sites for hydroxylation is 1. The van der Waals surface area contributed by atoms with Gasteiger partial charge in [0.15, 0.2) is 0 Å². The van der Waals surface area contributed by atoms with Gasteiger partial charge in [-0.2, -0.15) is 0 Å². The highest BCUT2D eigenvalue weighted by molar-refractivity contribution is 7.90. The summed E-state index contributed by atoms with van der Waals surface area (Å²) in [7, 11) is 0. The standard InChI is InChI=1S/C13H19FN2O3S/c1-8-6-10(16(17)18)7-11(12(8)14)9(2)15-20(19)13(3,4)5/h6-7,9,15H,1-5H3. The normalized spacial score (nSPS) is 14.9. The third kappa shape index (κ3) is 3.91. The Balaban J connectivity index is 3.09. The highest BCUT2D eigenvalue weighted by atomic mass is 32.2. The van der Waals surface area contributed by atoms with E-state index in [-0.39, 0.29) is 16.8 Å². The summed E-state index contributed by atoms with van der Waals surface area (Å²) in [5.41, 5.74) is 0.174. The molecule has 1 N–H and O–H groups in total. The quantitative estimate of drug-likeness (QED) is 0.526. The Morgan fingerprint density at radius 3 is 2.40 bits per heavy atom. The van der Waals surface area contributed by atoms with Gasteiger partial charge < -0.3 is 4.55 Å². The third-order valence-electron chi connectivity index (χ3n) is 2.78. The van der Waals surface area contributed by atoms with Crippen molar-refractivity contribution in [2.24, 2.45) is 0 Å². The fourth-order valence-corrected chi connectivity index (χ4v) is 2.40. The number of nitro benzene ring substituents is 1. The topological polar surface area (TPSA) is 78.2 Å². The van der Waals surface area contributed by atoms with E-state index < -0.39 is 32.9 Å². The summed E-state index contributed by atoms with van der Waals surface area (Å²) in [6.45, 7) is 8.47. The van der Waals surface area contributed by atoms with Crippen molar-refractivity contribution >= 4 is 17.0 Å². The van der Waals surface area contributed by atoms with Crippen molar-refractivity contribution in [2.45, 2.75) is 45.4 Å². The minimum absolute atomic E-state index is 0.148. The number of halogens is 1. The number of nitro groups is 1. The lowest BCUT2D eigenvalue weighted by atomic mass is 10.0. The SMILES string of the molecule is Cc1cc([N+](=O)[O-])cc(C(C)N[S+]([O-])C(C)(C)C)c1F. The Morgan fingerprint density at radius 2 is 1.95 bits per heavy atom. The van der Waals surface area contributed by atoms with Crippen LogP contribution < -0.4 is 4.72 Å². The minimum atomic E-state index is -1.39. The van der Waals surface area contributed by atoms with Crippen molar-refractivity contribution in [3.8, 4) is 0 Å². The maximum atomic E-state index is 14.1. The van der Waals surface area contributed by atoms with Gasteiger partial charge in [0.2, 0.25) is 0 Å². The van der Waals surface area contributed by atoms with E-state index in [0.29, 0.717) is 0 Å². The van der Waals surface area contributed by atoms with Crippen molar-refractivity contribution in [1.82, 2.24) is 4.72 Å². The van der Waals surface area contributed by atoms with Gasteiger partial charge in [-0.3, -0.25) is 10.1 Å². The van der Waals surface area contributed by atoms with Crippen molar-refractivity contribution in [3.63, 3.8) is 0 Å². The van der Waals surface area contributed by atoms with Gasteiger partial charge in [-0.25, -0.2) is 4.39 Å². The predicted molar refractivity (Wildman–Crippen MR) is 77.2 cm³/mol. The molecule has 1 rings (SSSR count). The smallest absolute Gasteiger partial charge is 0.270 e. The van der Waals surface area contributed by atoms with Crippen LogP contribution >= 0.6 is 0 Å². The highest BCUT2D eigenvalue weighted by Gasteiger charge is 2.30. The van der Waals surface area contributed by atoms with E-state index in [0.717, 1.165) is 0 Å². The Labute approximate surface area is 121 Å². The van der Waals surface area contributed by atoms with E-state index in [4.69, 9.17) is 0 Å². The zero-order chi connectivity index (χ0) is 15.7. The molecule has 0 saturated heterocycles. The minimum Gasteiger partial charge on any atom is -0.598 e. The van der Waals surface area contributed by atoms with Crippen molar-refractivity contribution in [3.05, 3.63) is 39.2 Å². The Bertz CT molecular complexity index is 517. The summed E-state index contributed by atoms with van der Waals surface area (Å²) >= 11 is -1.39. The summed E-state index contributed by atoms with van der Waals surface area (Å²) in [6.07, 6.45) is 0. The number of benzene rings is 1. The number of nitrogens with zero attached hydrogens (tertiary/aromatic N) is 1. The molecule has 20 heavy (non-hydrogen) atoms. The first-order valence-corrected chi connectivity index (χ1v) is 7.31. The van der Waals surface area contributed by atoms with Gasteiger partial charge in [0.05, 0.1) is 11.0 Å². The second-order valence-electron chi connectivity index (χ2n) is 5.64. The molecular formula is C13H19FN2O3S. The van der Waals surface area contributed by atoms with E-state index in [1.54, 1.807) is 27.7 Å². The van der Waals surface area contributed by atoms with Gasteiger partial charge in [-0.1, -0.05) is 0 Å². The van der Waals surface area contributed by atoms with E-state index in [1.807, 2.05) is 0 Å². The third-order valence-corrected chi connectivity index (χ3v) is 4.46. The molecule has 7 heteroatoms. The first-order chi connectivity index (χ1) is 9.04. The van der Waals surface area contributed by atoms with Gasteiger partial charge in [0, 0.05) is 29.1 Å². The molecule has 0 heterocycles. The molecule has 0 saturated carbocycles. The van der Waals surface area contributed by atoms with Crippen LogP contribution in [0.15, 0.2) is 12.1 Å². The zero-order valence-corrected chi connectivity index (χ0v) is 13.0. The van der Waals surface area contributed by atoms with Crippen LogP contribution in [0.1, 0.15) is 44.9 Å². The first-order valence-electron chi connectivity index (χ1n) is 6.16. The summed E-state index contributed by atoms with van der Waals surface area (Å²) in [5, 5.41) is 10.8. The fraction of sp³-hybridized carbons (Fsp3) is 0.538. The predicted octanol–water partition coefficient (Wildman–Crippen LogP) is 3.16. The Morgan fingerprint density at radius 1 is 1.40 bits per heavy atom. The fourth-order valence-electron chi connectivity index (χ4n) is 1.60. The molecule has 5 nitrogen and oxygen atoms in total. The number of nitrogens with one attached hydrogen (secondary N) is 1. The Hall–Kier alpha value is -1.18. The molecule has 112 valence electrons. The summed E-state index contributed by atoms with van der Waals surface area (Å²) in [5.74, 6) is -0.512. The maximum absolute atomic E-state index is 14.1. The molecule has 0 amide bonds. The van der Waals surface area contributed by atoms with Crippen molar-refractivity contribution in [1.29, 1.82) is 0 Å². The van der Waals surface area contributed by atoms with Gasteiger partial charge in [-0.15, -0.1) is 4.72 Å². The second-order valence-corrected chi connectivity index (χ2v) is 7.64. The molecule has 0 aliphatic heterocycles. The molecule has 0 aliphatic rings. The lowest BCUT2D eigenvalue weighted by molar-refractivity contribution is -0.385. The van der Waals surface area contributed by atoms with Gasteiger partial charge in [-0.05, 0) is 40.2 Å². The van der Waals surface area contributed by atoms with Crippen molar-refractivity contribution in [2.75, 3.05) is 0 Å². The monoisotopic (exact) mass is 302 g/mol. The summed E-state index contributed by atoms with van der Waals surface area (Å²) in [6, 6.07) is 1.78. The molecule has 0 radical (unpaired) electrons. The van der Waals surface area contributed by atoms with Crippen LogP contribution in [0.4, 0.5) is 10.1 Å². The average molecular weight is 302 g/mol. The molecule has 0 fully saturated rings. The van der Waals surface area contributed by atoms with Crippen LogP contribution in [0.3, 0.4) is 0 Å².